The van der Waals surface area contributed by atoms with Crippen molar-refractivity contribution in [3.8, 4) is 0 Å². The lowest BCUT2D eigenvalue weighted by Crippen LogP contribution is -2.56. The molecule has 0 spiro atoms. The smallest absolute Gasteiger partial charge is 0.324 e. The van der Waals surface area contributed by atoms with Crippen molar-refractivity contribution in [3.63, 3.8) is 0 Å². The summed E-state index contributed by atoms with van der Waals surface area (Å²) in [7, 11) is 1.70. The molecule has 33 heavy (non-hydrogen) atoms. The van der Waals surface area contributed by atoms with Crippen molar-refractivity contribution in [1.29, 1.82) is 5.41 Å². The van der Waals surface area contributed by atoms with Crippen LogP contribution in [0.25, 0.3) is 0 Å². The first-order valence-electron chi connectivity index (χ1n) is 11.5. The summed E-state index contributed by atoms with van der Waals surface area (Å²) in [5.74, 6) is 0.703. The molecule has 2 fully saturated rings. The largest absolute Gasteiger partial charge is 0.384 e. The molecule has 2 aliphatic heterocycles. The van der Waals surface area contributed by atoms with Gasteiger partial charge in [0.25, 0.3) is 0 Å². The van der Waals surface area contributed by atoms with Gasteiger partial charge in [-0.1, -0.05) is 12.1 Å². The van der Waals surface area contributed by atoms with Crippen LogP contribution in [0.4, 0.5) is 10.5 Å². The molecule has 1 aromatic heterocycles. The molecular weight excluding hydrogens is 418 g/mol. The van der Waals surface area contributed by atoms with Crippen LogP contribution in [0.1, 0.15) is 24.1 Å². The predicted octanol–water partition coefficient (Wildman–Crippen LogP) is 2.18. The number of piperidine rings is 1. The maximum Gasteiger partial charge on any atom is 0.324 e. The number of nitrogen functional groups attached to an aromatic ring is 1. The molecule has 0 saturated carbocycles. The molecule has 2 amide bonds. The van der Waals surface area contributed by atoms with Gasteiger partial charge in [-0.15, -0.1) is 0 Å². The van der Waals surface area contributed by atoms with Gasteiger partial charge < -0.3 is 15.4 Å². The van der Waals surface area contributed by atoms with Crippen LogP contribution in [0.15, 0.2) is 42.9 Å². The van der Waals surface area contributed by atoms with Crippen LogP contribution in [0.2, 0.25) is 0 Å². The zero-order valence-electron chi connectivity index (χ0n) is 19.2. The van der Waals surface area contributed by atoms with Gasteiger partial charge in [-0.25, -0.2) is 14.8 Å². The average molecular weight is 452 g/mol. The Balaban J connectivity index is 1.39. The van der Waals surface area contributed by atoms with Gasteiger partial charge in [0, 0.05) is 56.7 Å². The summed E-state index contributed by atoms with van der Waals surface area (Å²) in [4.78, 5) is 28.0. The number of methoxy groups -OCH3 is 1. The molecule has 2 saturated heterocycles. The van der Waals surface area contributed by atoms with Crippen LogP contribution in [-0.4, -0.2) is 78.1 Å². The van der Waals surface area contributed by atoms with Crippen molar-refractivity contribution in [3.05, 3.63) is 54.1 Å². The molecule has 1 atom stereocenters. The SMILES string of the molecule is COCC1CN(CC2CCN(Cc3ccncn3)CC2)C(=O)N(c2cccc(C(=N)N)c2)C1. The summed E-state index contributed by atoms with van der Waals surface area (Å²) in [6.07, 6.45) is 5.50. The fraction of sp³-hybridized carbons (Fsp3) is 0.500. The molecule has 2 aliphatic rings. The number of likely N-dealkylation sites (tertiary alicyclic amines) is 1. The quantitative estimate of drug-likeness (QED) is 0.470. The number of carbonyl (C=O) groups excluding carboxylic acids is 1. The van der Waals surface area contributed by atoms with Gasteiger partial charge in [-0.05, 0) is 50.0 Å². The second kappa shape index (κ2) is 10.7. The molecule has 3 heterocycles. The molecule has 9 heteroatoms. The Morgan fingerprint density at radius 1 is 1.21 bits per heavy atom. The van der Waals surface area contributed by atoms with Crippen LogP contribution in [-0.2, 0) is 11.3 Å². The number of aromatic nitrogens is 2. The number of amides is 2. The number of benzene rings is 1. The lowest BCUT2D eigenvalue weighted by Gasteiger charge is -2.42. The first-order chi connectivity index (χ1) is 16.0. The van der Waals surface area contributed by atoms with Gasteiger partial charge in [0.1, 0.15) is 12.2 Å². The Kier molecular flexibility index (Phi) is 7.51. The second-order valence-corrected chi connectivity index (χ2v) is 9.00. The number of ether oxygens (including phenoxy) is 1. The number of rotatable bonds is 8. The van der Waals surface area contributed by atoms with Crippen molar-refractivity contribution in [2.75, 3.05) is 51.3 Å². The van der Waals surface area contributed by atoms with Crippen molar-refractivity contribution >= 4 is 17.6 Å². The number of nitrogens with two attached hydrogens (primary N) is 1. The Bertz CT molecular complexity index is 947. The maximum absolute atomic E-state index is 13.4. The standard InChI is InChI=1S/C24H33N7O2/c1-33-16-19-13-30(24(32)31(14-19)22-4-2-3-20(11-22)23(25)26)12-18-6-9-29(10-7-18)15-21-5-8-27-17-28-21/h2-5,8,11,17-19H,6-7,9-10,12-16H2,1H3,(H3,25,26). The van der Waals surface area contributed by atoms with Crippen molar-refractivity contribution in [1.82, 2.24) is 19.8 Å². The van der Waals surface area contributed by atoms with E-state index in [1.807, 2.05) is 34.1 Å². The fourth-order valence-corrected chi connectivity index (χ4v) is 4.78. The lowest BCUT2D eigenvalue weighted by molar-refractivity contribution is 0.0984. The van der Waals surface area contributed by atoms with E-state index in [4.69, 9.17) is 15.9 Å². The monoisotopic (exact) mass is 451 g/mol. The minimum atomic E-state index is 0.000307. The third kappa shape index (κ3) is 5.85. The predicted molar refractivity (Wildman–Crippen MR) is 127 cm³/mol. The van der Waals surface area contributed by atoms with E-state index in [9.17, 15) is 4.79 Å². The number of carbonyl (C=O) groups is 1. The third-order valence-electron chi connectivity index (χ3n) is 6.51. The number of anilines is 1. The molecule has 0 bridgehead atoms. The average Bonchev–Trinajstić information content (AvgIpc) is 2.83. The van der Waals surface area contributed by atoms with E-state index >= 15 is 0 Å². The Hall–Kier alpha value is -3.04. The molecule has 1 aromatic carbocycles. The first kappa shape index (κ1) is 23.1. The van der Waals surface area contributed by atoms with Gasteiger partial charge in [-0.2, -0.15) is 0 Å². The van der Waals surface area contributed by atoms with E-state index in [0.717, 1.165) is 50.4 Å². The van der Waals surface area contributed by atoms with Crippen LogP contribution in [0.5, 0.6) is 0 Å². The van der Waals surface area contributed by atoms with Crippen LogP contribution < -0.4 is 10.6 Å². The summed E-state index contributed by atoms with van der Waals surface area (Å²) >= 11 is 0. The normalized spacial score (nSPS) is 20.3. The molecule has 2 aromatic rings. The number of urea groups is 1. The van der Waals surface area contributed by atoms with Crippen LogP contribution in [0, 0.1) is 17.2 Å². The Labute approximate surface area is 195 Å². The maximum atomic E-state index is 13.4. The molecule has 1 unspecified atom stereocenters. The van der Waals surface area contributed by atoms with E-state index in [2.05, 4.69) is 14.9 Å². The van der Waals surface area contributed by atoms with Gasteiger partial charge in [0.2, 0.25) is 0 Å². The minimum absolute atomic E-state index is 0.000307. The number of amidine groups is 1. The topological polar surface area (TPSA) is 112 Å². The summed E-state index contributed by atoms with van der Waals surface area (Å²) in [5.41, 5.74) is 8.11. The number of nitrogens with one attached hydrogen (secondary N) is 1. The first-order valence-corrected chi connectivity index (χ1v) is 11.5. The number of hydrogen-bond acceptors (Lipinski definition) is 6. The zero-order valence-corrected chi connectivity index (χ0v) is 19.2. The Morgan fingerprint density at radius 3 is 2.73 bits per heavy atom. The highest BCUT2D eigenvalue weighted by Gasteiger charge is 2.34. The molecule has 176 valence electrons. The highest BCUT2D eigenvalue weighted by molar-refractivity contribution is 5.98. The van der Waals surface area contributed by atoms with E-state index in [1.165, 1.54) is 0 Å². The highest BCUT2D eigenvalue weighted by atomic mass is 16.5. The summed E-state index contributed by atoms with van der Waals surface area (Å²) in [6.45, 7) is 5.51. The van der Waals surface area contributed by atoms with Crippen molar-refractivity contribution in [2.45, 2.75) is 19.4 Å². The molecule has 4 rings (SSSR count). The zero-order chi connectivity index (χ0) is 23.2. The summed E-state index contributed by atoms with van der Waals surface area (Å²) in [5, 5.41) is 7.73. The lowest BCUT2D eigenvalue weighted by atomic mass is 9.95. The molecule has 9 nitrogen and oxygen atoms in total. The molecule has 0 radical (unpaired) electrons. The van der Waals surface area contributed by atoms with Gasteiger partial charge in [-0.3, -0.25) is 15.2 Å². The fourth-order valence-electron chi connectivity index (χ4n) is 4.78. The van der Waals surface area contributed by atoms with Crippen molar-refractivity contribution < 1.29 is 9.53 Å². The van der Waals surface area contributed by atoms with E-state index in [1.54, 1.807) is 25.7 Å². The van der Waals surface area contributed by atoms with E-state index < -0.39 is 0 Å². The molecule has 0 aliphatic carbocycles. The Morgan fingerprint density at radius 2 is 2.03 bits per heavy atom. The van der Waals surface area contributed by atoms with Gasteiger partial charge in [0.15, 0.2) is 0 Å². The third-order valence-corrected chi connectivity index (χ3v) is 6.51. The summed E-state index contributed by atoms with van der Waals surface area (Å²) < 4.78 is 5.44. The second-order valence-electron chi connectivity index (χ2n) is 9.00. The van der Waals surface area contributed by atoms with E-state index in [-0.39, 0.29) is 17.8 Å². The van der Waals surface area contributed by atoms with Gasteiger partial charge >= 0.3 is 6.03 Å². The molecular formula is C24H33N7O2. The van der Waals surface area contributed by atoms with Crippen LogP contribution in [0.3, 0.4) is 0 Å². The summed E-state index contributed by atoms with van der Waals surface area (Å²) in [6, 6.07) is 9.34. The number of nitrogens with zero attached hydrogens (tertiary/aromatic N) is 5. The van der Waals surface area contributed by atoms with Crippen LogP contribution >= 0.6 is 0 Å². The molecule has 3 N–H and O–H groups in total. The highest BCUT2D eigenvalue weighted by Crippen LogP contribution is 2.27. The van der Waals surface area contributed by atoms with E-state index in [0.29, 0.717) is 31.2 Å². The number of hydrogen-bond donors (Lipinski definition) is 2. The minimum Gasteiger partial charge on any atom is -0.384 e. The van der Waals surface area contributed by atoms with Gasteiger partial charge in [0.05, 0.1) is 12.3 Å². The van der Waals surface area contributed by atoms with Crippen molar-refractivity contribution in [2.24, 2.45) is 17.6 Å².